The Balaban J connectivity index is 1.80. The van der Waals surface area contributed by atoms with Crippen LogP contribution in [-0.4, -0.2) is 75.6 Å². The molecule has 2 amide bonds. The van der Waals surface area contributed by atoms with E-state index in [1.165, 1.54) is 25.1 Å². The minimum atomic E-state index is -1.10. The van der Waals surface area contributed by atoms with Gasteiger partial charge in [-0.05, 0) is 85.6 Å². The normalized spacial score (nSPS) is 19.0. The Hall–Kier alpha value is -4.28. The molecule has 0 spiro atoms. The zero-order valence-corrected chi connectivity index (χ0v) is 25.7. The molecule has 4 rings (SSSR count). The predicted molar refractivity (Wildman–Crippen MR) is 167 cm³/mol. The van der Waals surface area contributed by atoms with Crippen molar-refractivity contribution in [1.82, 2.24) is 20.9 Å². The van der Waals surface area contributed by atoms with Gasteiger partial charge in [0.2, 0.25) is 11.8 Å². The van der Waals surface area contributed by atoms with Crippen LogP contribution in [0.25, 0.3) is 11.1 Å². The van der Waals surface area contributed by atoms with Crippen molar-refractivity contribution in [3.8, 4) is 16.9 Å². The molecule has 0 saturated carbocycles. The number of methoxy groups -OCH3 is 1. The fraction of sp³-hybridized carbons (Fsp3) is 0.382. The molecule has 0 radical (unpaired) electrons. The van der Waals surface area contributed by atoms with Gasteiger partial charge in [-0.3, -0.25) is 9.59 Å². The molecular weight excluding hydrogens is 563 g/mol. The molecule has 10 heteroatoms. The van der Waals surface area contributed by atoms with Gasteiger partial charge in [0.1, 0.15) is 30.3 Å². The first-order chi connectivity index (χ1) is 21.2. The van der Waals surface area contributed by atoms with Crippen LogP contribution in [0.1, 0.15) is 29.5 Å². The predicted octanol–water partition coefficient (Wildman–Crippen LogP) is 3.24. The standard InChI is InChI=1S/C34H41FN4O5/c1-36-16-8-11-28-33(41)39(3)30(34(42)43-4)20-25-17-23(12-14-27(25)35)24-13-15-31(44-21-22-9-6-5-7-10-22)26(18-24)19-29(37-2)32(40)38-28/h5-7,9-10,12-15,17-18,28-30,36-37H,8,11,16,19-21H2,1-4H3,(H,38,40)/t28-,29-,30-/m0/s1. The van der Waals surface area contributed by atoms with Gasteiger partial charge in [-0.2, -0.15) is 0 Å². The molecule has 4 bridgehead atoms. The van der Waals surface area contributed by atoms with Gasteiger partial charge in [0.25, 0.3) is 0 Å². The number of hydrogen-bond donors (Lipinski definition) is 3. The van der Waals surface area contributed by atoms with Crippen molar-refractivity contribution in [2.24, 2.45) is 0 Å². The van der Waals surface area contributed by atoms with E-state index in [9.17, 15) is 14.4 Å². The number of halogens is 1. The molecule has 0 saturated heterocycles. The molecule has 9 nitrogen and oxygen atoms in total. The molecule has 1 aliphatic heterocycles. The number of amides is 2. The highest BCUT2D eigenvalue weighted by atomic mass is 19.1. The average molecular weight is 605 g/mol. The smallest absolute Gasteiger partial charge is 0.328 e. The lowest BCUT2D eigenvalue weighted by Gasteiger charge is -2.31. The van der Waals surface area contributed by atoms with E-state index in [0.717, 1.165) is 22.3 Å². The summed E-state index contributed by atoms with van der Waals surface area (Å²) in [6.45, 7) is 0.972. The van der Waals surface area contributed by atoms with Gasteiger partial charge in [0.05, 0.1) is 13.2 Å². The summed E-state index contributed by atoms with van der Waals surface area (Å²) in [7, 11) is 6.21. The number of benzene rings is 3. The van der Waals surface area contributed by atoms with E-state index >= 15 is 4.39 Å². The van der Waals surface area contributed by atoms with Crippen LogP contribution in [-0.2, 0) is 38.6 Å². The molecule has 0 fully saturated rings. The van der Waals surface area contributed by atoms with Crippen molar-refractivity contribution in [2.45, 2.75) is 50.4 Å². The van der Waals surface area contributed by atoms with Gasteiger partial charge in [0.15, 0.2) is 0 Å². The lowest BCUT2D eigenvalue weighted by molar-refractivity contribution is -0.152. The first-order valence-electron chi connectivity index (χ1n) is 14.8. The molecule has 0 aromatic heterocycles. The maximum atomic E-state index is 15.2. The third-order valence-electron chi connectivity index (χ3n) is 8.00. The van der Waals surface area contributed by atoms with Crippen LogP contribution >= 0.6 is 0 Å². The highest BCUT2D eigenvalue weighted by molar-refractivity contribution is 5.92. The highest BCUT2D eigenvalue weighted by Crippen LogP contribution is 2.30. The molecule has 44 heavy (non-hydrogen) atoms. The Kier molecular flexibility index (Phi) is 11.5. The van der Waals surface area contributed by atoms with Crippen molar-refractivity contribution in [1.29, 1.82) is 0 Å². The number of carbonyl (C=O) groups excluding carboxylic acids is 3. The van der Waals surface area contributed by atoms with Crippen molar-refractivity contribution in [2.75, 3.05) is 34.8 Å². The first kappa shape index (κ1) is 32.6. The summed E-state index contributed by atoms with van der Waals surface area (Å²) in [5.41, 5.74) is 3.56. The summed E-state index contributed by atoms with van der Waals surface area (Å²) in [5.74, 6) is -1.38. The molecule has 3 aromatic rings. The molecular formula is C34H41FN4O5. The molecule has 3 N–H and O–H groups in total. The highest BCUT2D eigenvalue weighted by Gasteiger charge is 2.34. The van der Waals surface area contributed by atoms with Crippen LogP contribution in [0, 0.1) is 5.82 Å². The summed E-state index contributed by atoms with van der Waals surface area (Å²) in [5, 5.41) is 9.07. The molecule has 3 aromatic carbocycles. The maximum absolute atomic E-state index is 15.2. The summed E-state index contributed by atoms with van der Waals surface area (Å²) < 4.78 is 26.4. The molecule has 1 heterocycles. The van der Waals surface area contributed by atoms with Crippen molar-refractivity contribution >= 4 is 17.8 Å². The van der Waals surface area contributed by atoms with Gasteiger partial charge >= 0.3 is 5.97 Å². The summed E-state index contributed by atoms with van der Waals surface area (Å²) >= 11 is 0. The Morgan fingerprint density at radius 3 is 2.39 bits per heavy atom. The molecule has 0 aliphatic carbocycles. The van der Waals surface area contributed by atoms with Crippen LogP contribution in [0.3, 0.4) is 0 Å². The third-order valence-corrected chi connectivity index (χ3v) is 8.00. The van der Waals surface area contributed by atoms with E-state index in [-0.39, 0.29) is 24.3 Å². The maximum Gasteiger partial charge on any atom is 0.328 e. The first-order valence-corrected chi connectivity index (χ1v) is 14.8. The van der Waals surface area contributed by atoms with Crippen LogP contribution < -0.4 is 20.7 Å². The number of hydrogen-bond acceptors (Lipinski definition) is 7. The monoisotopic (exact) mass is 604 g/mol. The number of fused-ring (bicyclic) bond motifs is 5. The minimum Gasteiger partial charge on any atom is -0.489 e. The van der Waals surface area contributed by atoms with Crippen molar-refractivity contribution in [3.63, 3.8) is 0 Å². The number of rotatable bonds is 9. The van der Waals surface area contributed by atoms with Crippen LogP contribution in [0.2, 0.25) is 0 Å². The van der Waals surface area contributed by atoms with Gasteiger partial charge in [-0.1, -0.05) is 42.5 Å². The Labute approximate surface area is 258 Å². The van der Waals surface area contributed by atoms with E-state index in [2.05, 4.69) is 16.0 Å². The van der Waals surface area contributed by atoms with Crippen molar-refractivity contribution < 1.29 is 28.2 Å². The van der Waals surface area contributed by atoms with E-state index in [0.29, 0.717) is 31.7 Å². The second-order valence-electron chi connectivity index (χ2n) is 10.9. The largest absolute Gasteiger partial charge is 0.489 e. The third kappa shape index (κ3) is 8.00. The summed E-state index contributed by atoms with van der Waals surface area (Å²) in [6.07, 6.45) is 1.11. The van der Waals surface area contributed by atoms with E-state index in [4.69, 9.17) is 9.47 Å². The van der Waals surface area contributed by atoms with Crippen LogP contribution in [0.15, 0.2) is 66.7 Å². The number of nitrogens with zero attached hydrogens (tertiary/aromatic N) is 1. The Morgan fingerprint density at radius 1 is 1.00 bits per heavy atom. The number of esters is 1. The number of carbonyl (C=O) groups is 3. The number of ether oxygens (including phenoxy) is 2. The Bertz CT molecular complexity index is 1450. The second-order valence-corrected chi connectivity index (χ2v) is 10.9. The fourth-order valence-electron chi connectivity index (χ4n) is 5.39. The lowest BCUT2D eigenvalue weighted by atomic mass is 9.95. The van der Waals surface area contributed by atoms with E-state index in [1.807, 2.05) is 55.6 Å². The number of likely N-dealkylation sites (N-methyl/N-ethyl adjacent to an activating group) is 2. The van der Waals surface area contributed by atoms with Gasteiger partial charge < -0.3 is 30.3 Å². The SMILES string of the molecule is CNCCC[C@@H]1NC(=O)[C@@H](NC)Cc2cc(ccc2OCc2ccccc2)-c2ccc(F)c(c2)C[C@@H](C(=O)OC)N(C)C1=O. The fourth-order valence-corrected chi connectivity index (χ4v) is 5.39. The van der Waals surface area contributed by atoms with Crippen LogP contribution in [0.5, 0.6) is 5.75 Å². The zero-order valence-electron chi connectivity index (χ0n) is 25.7. The van der Waals surface area contributed by atoms with Gasteiger partial charge in [-0.15, -0.1) is 0 Å². The Morgan fingerprint density at radius 2 is 1.70 bits per heavy atom. The summed E-state index contributed by atoms with van der Waals surface area (Å²) in [6, 6.07) is 17.5. The second kappa shape index (κ2) is 15.4. The van der Waals surface area contributed by atoms with Crippen LogP contribution in [0.4, 0.5) is 4.39 Å². The van der Waals surface area contributed by atoms with Crippen molar-refractivity contribution in [3.05, 3.63) is 89.2 Å². The minimum absolute atomic E-state index is 0.101. The molecule has 1 aliphatic rings. The van der Waals surface area contributed by atoms with E-state index in [1.54, 1.807) is 19.2 Å². The molecule has 3 atom stereocenters. The summed E-state index contributed by atoms with van der Waals surface area (Å²) in [4.78, 5) is 41.7. The number of nitrogens with one attached hydrogen (secondary N) is 3. The lowest BCUT2D eigenvalue weighted by Crippen LogP contribution is -2.56. The van der Waals surface area contributed by atoms with E-state index < -0.39 is 35.8 Å². The molecule has 0 unspecified atom stereocenters. The van der Waals surface area contributed by atoms with Gasteiger partial charge in [0, 0.05) is 19.9 Å². The molecule has 234 valence electrons. The van der Waals surface area contributed by atoms with Gasteiger partial charge in [-0.25, -0.2) is 9.18 Å². The quantitative estimate of drug-likeness (QED) is 0.254. The topological polar surface area (TPSA) is 109 Å². The average Bonchev–Trinajstić information content (AvgIpc) is 3.04. The zero-order chi connectivity index (χ0) is 31.6.